The van der Waals surface area contributed by atoms with Crippen molar-refractivity contribution in [2.45, 2.75) is 5.62 Å². The third-order valence-electron chi connectivity index (χ3n) is 5.08. The van der Waals surface area contributed by atoms with Crippen molar-refractivity contribution in [2.75, 3.05) is 4.90 Å². The number of halogens is 2. The van der Waals surface area contributed by atoms with Crippen LogP contribution >= 0.6 is 11.6 Å². The maximum Gasteiger partial charge on any atom is 0.296 e. The van der Waals surface area contributed by atoms with Gasteiger partial charge in [-0.2, -0.15) is 10.2 Å². The first-order valence-electron chi connectivity index (χ1n) is 9.14. The zero-order valence-electron chi connectivity index (χ0n) is 15.5. The normalized spacial score (nSPS) is 16.4. The number of hydrogen-bond acceptors (Lipinski definition) is 8. The van der Waals surface area contributed by atoms with E-state index >= 15 is 0 Å². The Morgan fingerprint density at radius 2 is 1.84 bits per heavy atom. The summed E-state index contributed by atoms with van der Waals surface area (Å²) in [5.74, 6) is 1.48. The highest BCUT2D eigenvalue weighted by atomic mass is 35.5. The van der Waals surface area contributed by atoms with Crippen molar-refractivity contribution in [1.82, 2.24) is 29.8 Å². The summed E-state index contributed by atoms with van der Waals surface area (Å²) in [5.41, 5.74) is 1.44. The molecule has 0 saturated carbocycles. The molecule has 0 amide bonds. The summed E-state index contributed by atoms with van der Waals surface area (Å²) >= 11 is 6.55. The SMILES string of the molecule is N#CN1C=C2N(c3ccccc3-c3nnc(-c4nc(-c5ccc(F)cc5)no4)n32)C1Cl. The lowest BCUT2D eigenvalue weighted by molar-refractivity contribution is 0.428. The van der Waals surface area contributed by atoms with Crippen LogP contribution in [-0.2, 0) is 0 Å². The van der Waals surface area contributed by atoms with Gasteiger partial charge < -0.3 is 4.52 Å². The molecule has 2 aliphatic rings. The lowest BCUT2D eigenvalue weighted by atomic mass is 10.1. The first-order valence-corrected chi connectivity index (χ1v) is 9.58. The topological polar surface area (TPSA) is 99.9 Å². The second-order valence-electron chi connectivity index (χ2n) is 6.81. The fourth-order valence-electron chi connectivity index (χ4n) is 3.68. The van der Waals surface area contributed by atoms with E-state index < -0.39 is 5.62 Å². The molecule has 1 atom stereocenters. The second kappa shape index (κ2) is 6.38. The monoisotopic (exact) mass is 432 g/mol. The number of hydrogen-bond donors (Lipinski definition) is 0. The number of anilines is 1. The molecule has 150 valence electrons. The van der Waals surface area contributed by atoms with E-state index in [2.05, 4.69) is 26.5 Å². The van der Waals surface area contributed by atoms with Gasteiger partial charge in [-0.15, -0.1) is 10.2 Å². The van der Waals surface area contributed by atoms with Gasteiger partial charge in [-0.3, -0.25) is 9.47 Å². The second-order valence-corrected chi connectivity index (χ2v) is 7.20. The molecule has 0 saturated heterocycles. The summed E-state index contributed by atoms with van der Waals surface area (Å²) < 4.78 is 20.4. The summed E-state index contributed by atoms with van der Waals surface area (Å²) in [7, 11) is 0. The molecule has 0 spiro atoms. The molecule has 9 nitrogen and oxygen atoms in total. The predicted octanol–water partition coefficient (Wildman–Crippen LogP) is 3.70. The standard InChI is InChI=1S/C20H10ClFN8O/c21-20-28(10-23)9-15-29(20)14-4-2-1-3-13(14)17-25-26-18(30(15)17)19-24-16(27-31-19)11-5-7-12(22)8-6-11/h1-9,20H. The van der Waals surface area contributed by atoms with E-state index in [1.54, 1.807) is 27.8 Å². The average Bonchev–Trinajstić information content (AvgIpc) is 3.51. The molecular weight excluding hydrogens is 423 g/mol. The fraction of sp³-hybridized carbons (Fsp3) is 0.0500. The van der Waals surface area contributed by atoms with E-state index in [4.69, 9.17) is 16.1 Å². The molecule has 0 N–H and O–H groups in total. The Kier molecular flexibility index (Phi) is 3.63. The van der Waals surface area contributed by atoms with Gasteiger partial charge in [-0.1, -0.05) is 28.9 Å². The molecule has 31 heavy (non-hydrogen) atoms. The molecule has 0 aliphatic carbocycles. The average molecular weight is 433 g/mol. The zero-order valence-corrected chi connectivity index (χ0v) is 16.3. The maximum absolute atomic E-state index is 13.2. The largest absolute Gasteiger partial charge is 0.330 e. The molecule has 2 aromatic carbocycles. The third-order valence-corrected chi connectivity index (χ3v) is 5.48. The first-order chi connectivity index (χ1) is 15.2. The summed E-state index contributed by atoms with van der Waals surface area (Å²) in [6.07, 6.45) is 3.67. The molecule has 6 rings (SSSR count). The molecule has 4 aromatic rings. The van der Waals surface area contributed by atoms with Gasteiger partial charge in [0.2, 0.25) is 11.6 Å². The van der Waals surface area contributed by atoms with Gasteiger partial charge in [0.15, 0.2) is 17.6 Å². The number of nitriles is 1. The van der Waals surface area contributed by atoms with Crippen LogP contribution in [0.5, 0.6) is 0 Å². The van der Waals surface area contributed by atoms with Crippen molar-refractivity contribution in [3.8, 4) is 40.7 Å². The highest BCUT2D eigenvalue weighted by molar-refractivity contribution is 6.23. The van der Waals surface area contributed by atoms with Crippen molar-refractivity contribution < 1.29 is 8.91 Å². The molecule has 4 heterocycles. The number of alkyl halides is 1. The van der Waals surface area contributed by atoms with Gasteiger partial charge >= 0.3 is 0 Å². The van der Waals surface area contributed by atoms with Crippen molar-refractivity contribution in [3.05, 3.63) is 60.5 Å². The van der Waals surface area contributed by atoms with Gasteiger partial charge in [0, 0.05) is 11.1 Å². The summed E-state index contributed by atoms with van der Waals surface area (Å²) in [6.45, 7) is 0. The summed E-state index contributed by atoms with van der Waals surface area (Å²) in [6, 6.07) is 13.3. The van der Waals surface area contributed by atoms with Crippen LogP contribution in [0.3, 0.4) is 0 Å². The molecular formula is C20H10ClFN8O. The zero-order chi connectivity index (χ0) is 21.1. The van der Waals surface area contributed by atoms with Gasteiger partial charge in [-0.25, -0.2) is 9.29 Å². The molecule has 0 fully saturated rings. The Bertz CT molecular complexity index is 1400. The van der Waals surface area contributed by atoms with Crippen LogP contribution in [0, 0.1) is 17.3 Å². The first kappa shape index (κ1) is 17.6. The van der Waals surface area contributed by atoms with E-state index in [9.17, 15) is 9.65 Å². The number of rotatable bonds is 2. The minimum Gasteiger partial charge on any atom is -0.330 e. The van der Waals surface area contributed by atoms with Crippen LogP contribution in [-0.4, -0.2) is 35.4 Å². The Morgan fingerprint density at radius 3 is 2.65 bits per heavy atom. The number of fused-ring (bicyclic) bond motifs is 6. The lowest BCUT2D eigenvalue weighted by Crippen LogP contribution is -2.36. The quantitative estimate of drug-likeness (QED) is 0.268. The molecule has 11 heteroatoms. The number of nitrogens with zero attached hydrogens (tertiary/aromatic N) is 8. The number of para-hydroxylation sites is 1. The summed E-state index contributed by atoms with van der Waals surface area (Å²) in [5, 5.41) is 22.1. The molecule has 1 unspecified atom stereocenters. The van der Waals surface area contributed by atoms with Crippen molar-refractivity contribution in [2.24, 2.45) is 0 Å². The minimum absolute atomic E-state index is 0.125. The highest BCUT2D eigenvalue weighted by Crippen LogP contribution is 2.46. The Balaban J connectivity index is 1.52. The van der Waals surface area contributed by atoms with Crippen LogP contribution in [0.4, 0.5) is 10.1 Å². The fourth-order valence-corrected chi connectivity index (χ4v) is 3.98. The molecule has 0 bridgehead atoms. The van der Waals surface area contributed by atoms with E-state index in [-0.39, 0.29) is 17.5 Å². The van der Waals surface area contributed by atoms with Crippen LogP contribution < -0.4 is 4.90 Å². The third kappa shape index (κ3) is 2.47. The lowest BCUT2D eigenvalue weighted by Gasteiger charge is -2.32. The van der Waals surface area contributed by atoms with Crippen molar-refractivity contribution in [3.63, 3.8) is 0 Å². The Morgan fingerprint density at radius 1 is 1.06 bits per heavy atom. The van der Waals surface area contributed by atoms with Gasteiger partial charge in [0.05, 0.1) is 11.9 Å². The number of benzene rings is 2. The maximum atomic E-state index is 13.2. The molecule has 2 aliphatic heterocycles. The van der Waals surface area contributed by atoms with E-state index in [1.165, 1.54) is 17.0 Å². The molecule has 2 aromatic heterocycles. The van der Waals surface area contributed by atoms with Crippen LogP contribution in [0.1, 0.15) is 0 Å². The van der Waals surface area contributed by atoms with Crippen LogP contribution in [0.15, 0.2) is 59.3 Å². The number of aromatic nitrogens is 5. The molecule has 0 radical (unpaired) electrons. The van der Waals surface area contributed by atoms with Crippen molar-refractivity contribution in [1.29, 1.82) is 5.26 Å². The Labute approximate surface area is 179 Å². The van der Waals surface area contributed by atoms with Gasteiger partial charge in [-0.05, 0) is 36.4 Å². The van der Waals surface area contributed by atoms with E-state index in [0.29, 0.717) is 23.0 Å². The van der Waals surface area contributed by atoms with E-state index in [0.717, 1.165) is 11.3 Å². The van der Waals surface area contributed by atoms with Gasteiger partial charge in [0.25, 0.3) is 5.89 Å². The Hall–Kier alpha value is -4.23. The predicted molar refractivity (Wildman–Crippen MR) is 108 cm³/mol. The van der Waals surface area contributed by atoms with Crippen molar-refractivity contribution >= 4 is 23.1 Å². The smallest absolute Gasteiger partial charge is 0.296 e. The summed E-state index contributed by atoms with van der Waals surface area (Å²) in [4.78, 5) is 7.53. The van der Waals surface area contributed by atoms with E-state index in [1.807, 2.05) is 24.3 Å². The van der Waals surface area contributed by atoms with Crippen LogP contribution in [0.25, 0.3) is 40.3 Å². The van der Waals surface area contributed by atoms with Crippen LogP contribution in [0.2, 0.25) is 0 Å². The van der Waals surface area contributed by atoms with Gasteiger partial charge in [0.1, 0.15) is 11.6 Å². The minimum atomic E-state index is -0.748. The highest BCUT2D eigenvalue weighted by Gasteiger charge is 2.41.